The molecule has 0 atom stereocenters. The third kappa shape index (κ3) is 4.70. The fraction of sp³-hybridized carbons (Fsp3) is 0.375. The van der Waals surface area contributed by atoms with Crippen LogP contribution in [0.5, 0.6) is 0 Å². The highest BCUT2D eigenvalue weighted by atomic mass is 16.2. The van der Waals surface area contributed by atoms with Gasteiger partial charge in [-0.25, -0.2) is 14.2 Å². The van der Waals surface area contributed by atoms with Crippen LogP contribution in [0, 0.1) is 6.92 Å². The van der Waals surface area contributed by atoms with E-state index in [0.717, 1.165) is 16.8 Å². The minimum Gasteiger partial charge on any atom is -0.325 e. The van der Waals surface area contributed by atoms with Crippen molar-refractivity contribution in [2.24, 2.45) is 0 Å². The second kappa shape index (κ2) is 8.30. The Labute approximate surface area is 177 Å². The number of anilines is 2. The first-order valence-corrected chi connectivity index (χ1v) is 10.2. The quantitative estimate of drug-likeness (QED) is 0.683. The molecule has 2 aromatic carbocycles. The Balaban J connectivity index is 2.05. The molecule has 0 fully saturated rings. The first-order valence-electron chi connectivity index (χ1n) is 10.2. The van der Waals surface area contributed by atoms with E-state index >= 15 is 0 Å². The van der Waals surface area contributed by atoms with E-state index in [9.17, 15) is 9.59 Å². The van der Waals surface area contributed by atoms with Crippen LogP contribution >= 0.6 is 0 Å². The average Bonchev–Trinajstić information content (AvgIpc) is 2.65. The normalized spacial score (nSPS) is 11.7. The van der Waals surface area contributed by atoms with E-state index in [0.29, 0.717) is 6.54 Å². The molecule has 3 aromatic rings. The average molecular weight is 407 g/mol. The summed E-state index contributed by atoms with van der Waals surface area (Å²) in [7, 11) is 0. The molecule has 0 amide bonds. The molecule has 0 unspecified atom stereocenters. The number of hydrogen-bond donors (Lipinski definition) is 1. The van der Waals surface area contributed by atoms with E-state index < -0.39 is 5.69 Å². The molecule has 0 aliphatic carbocycles. The standard InChI is InChI=1S/C24H30N4O2/c1-16(2)28-22(29)26-21(25-20-13-11-19(12-14-20)24(4,5)6)27(23(28)30)15-18-9-7-17(3)8-10-18/h7-14,16H,15H2,1-6H3,(H,25,26,29). The van der Waals surface area contributed by atoms with Crippen LogP contribution in [0.25, 0.3) is 0 Å². The fourth-order valence-electron chi connectivity index (χ4n) is 3.25. The molecule has 6 nitrogen and oxygen atoms in total. The Hall–Kier alpha value is -3.15. The van der Waals surface area contributed by atoms with Crippen molar-refractivity contribution in [2.75, 3.05) is 5.32 Å². The van der Waals surface area contributed by atoms with Crippen molar-refractivity contribution < 1.29 is 0 Å². The van der Waals surface area contributed by atoms with Crippen LogP contribution in [-0.4, -0.2) is 14.1 Å². The molecule has 1 heterocycles. The van der Waals surface area contributed by atoms with Gasteiger partial charge in [-0.3, -0.25) is 4.57 Å². The van der Waals surface area contributed by atoms with Gasteiger partial charge in [0.2, 0.25) is 5.95 Å². The highest BCUT2D eigenvalue weighted by Gasteiger charge is 2.17. The Bertz CT molecular complexity index is 1130. The number of aryl methyl sites for hydroxylation is 1. The number of aromatic nitrogens is 3. The van der Waals surface area contributed by atoms with Gasteiger partial charge in [0.05, 0.1) is 6.54 Å². The van der Waals surface area contributed by atoms with Crippen LogP contribution in [0.1, 0.15) is 57.4 Å². The number of nitrogens with zero attached hydrogens (tertiary/aromatic N) is 3. The molecule has 30 heavy (non-hydrogen) atoms. The van der Waals surface area contributed by atoms with Crippen molar-refractivity contribution in [3.8, 4) is 0 Å². The van der Waals surface area contributed by atoms with Crippen molar-refractivity contribution in [1.82, 2.24) is 14.1 Å². The van der Waals surface area contributed by atoms with Gasteiger partial charge in [0.15, 0.2) is 0 Å². The van der Waals surface area contributed by atoms with Crippen molar-refractivity contribution >= 4 is 11.6 Å². The lowest BCUT2D eigenvalue weighted by Gasteiger charge is -2.20. The molecule has 0 saturated carbocycles. The van der Waals surface area contributed by atoms with Crippen LogP contribution in [-0.2, 0) is 12.0 Å². The second-order valence-corrected chi connectivity index (χ2v) is 8.99. The van der Waals surface area contributed by atoms with Gasteiger partial charge in [0.25, 0.3) is 0 Å². The van der Waals surface area contributed by atoms with E-state index in [1.54, 1.807) is 13.8 Å². The van der Waals surface area contributed by atoms with Crippen LogP contribution in [0.15, 0.2) is 58.1 Å². The molecule has 0 aliphatic rings. The maximum atomic E-state index is 13.1. The maximum absolute atomic E-state index is 13.1. The first-order chi connectivity index (χ1) is 14.1. The van der Waals surface area contributed by atoms with Crippen LogP contribution in [0.4, 0.5) is 11.6 Å². The molecule has 158 valence electrons. The van der Waals surface area contributed by atoms with Crippen LogP contribution in [0.2, 0.25) is 0 Å². The number of benzene rings is 2. The van der Waals surface area contributed by atoms with Gasteiger partial charge in [-0.05, 0) is 49.4 Å². The number of rotatable bonds is 5. The molecule has 0 aliphatic heterocycles. The Kier molecular flexibility index (Phi) is 5.97. The molecule has 0 saturated heterocycles. The van der Waals surface area contributed by atoms with E-state index in [2.05, 4.69) is 31.1 Å². The molecular formula is C24H30N4O2. The van der Waals surface area contributed by atoms with E-state index in [-0.39, 0.29) is 23.1 Å². The van der Waals surface area contributed by atoms with Crippen molar-refractivity contribution in [1.29, 1.82) is 0 Å². The summed E-state index contributed by atoms with van der Waals surface area (Å²) in [5, 5.41) is 3.17. The molecule has 0 radical (unpaired) electrons. The fourth-order valence-corrected chi connectivity index (χ4v) is 3.25. The predicted molar refractivity (Wildman–Crippen MR) is 122 cm³/mol. The monoisotopic (exact) mass is 406 g/mol. The third-order valence-electron chi connectivity index (χ3n) is 5.09. The molecule has 0 spiro atoms. The third-order valence-corrected chi connectivity index (χ3v) is 5.09. The van der Waals surface area contributed by atoms with E-state index in [4.69, 9.17) is 0 Å². The Morgan fingerprint density at radius 3 is 2.10 bits per heavy atom. The summed E-state index contributed by atoms with van der Waals surface area (Å²) in [5.41, 5.74) is 3.20. The maximum Gasteiger partial charge on any atom is 0.355 e. The smallest absolute Gasteiger partial charge is 0.325 e. The van der Waals surface area contributed by atoms with Gasteiger partial charge in [0.1, 0.15) is 0 Å². The van der Waals surface area contributed by atoms with Gasteiger partial charge in [-0.15, -0.1) is 0 Å². The zero-order valence-corrected chi connectivity index (χ0v) is 18.6. The summed E-state index contributed by atoms with van der Waals surface area (Å²) in [6.45, 7) is 12.4. The summed E-state index contributed by atoms with van der Waals surface area (Å²) >= 11 is 0. The molecule has 1 N–H and O–H groups in total. The van der Waals surface area contributed by atoms with Crippen molar-refractivity contribution in [2.45, 2.75) is 59.5 Å². The highest BCUT2D eigenvalue weighted by molar-refractivity contribution is 5.54. The van der Waals surface area contributed by atoms with Gasteiger partial charge in [0, 0.05) is 11.7 Å². The van der Waals surface area contributed by atoms with E-state index in [1.165, 1.54) is 14.7 Å². The summed E-state index contributed by atoms with van der Waals surface area (Å²) in [6, 6.07) is 15.7. The summed E-state index contributed by atoms with van der Waals surface area (Å²) in [4.78, 5) is 29.9. The number of hydrogen-bond acceptors (Lipinski definition) is 4. The second-order valence-electron chi connectivity index (χ2n) is 8.99. The van der Waals surface area contributed by atoms with Crippen molar-refractivity contribution in [3.63, 3.8) is 0 Å². The molecule has 0 bridgehead atoms. The summed E-state index contributed by atoms with van der Waals surface area (Å²) in [6.07, 6.45) is 0. The van der Waals surface area contributed by atoms with Gasteiger partial charge in [-0.1, -0.05) is 62.7 Å². The highest BCUT2D eigenvalue weighted by Crippen LogP contribution is 2.24. The lowest BCUT2D eigenvalue weighted by molar-refractivity contribution is 0.497. The van der Waals surface area contributed by atoms with Gasteiger partial charge < -0.3 is 5.32 Å². The van der Waals surface area contributed by atoms with Crippen LogP contribution in [0.3, 0.4) is 0 Å². The predicted octanol–water partition coefficient (Wildman–Crippen LogP) is 4.38. The first kappa shape index (κ1) is 21.6. The summed E-state index contributed by atoms with van der Waals surface area (Å²) < 4.78 is 2.70. The minimum absolute atomic E-state index is 0.0437. The Morgan fingerprint density at radius 1 is 0.967 bits per heavy atom. The van der Waals surface area contributed by atoms with Gasteiger partial charge in [-0.2, -0.15) is 4.98 Å². The minimum atomic E-state index is -0.552. The number of nitrogens with one attached hydrogen (secondary N) is 1. The lowest BCUT2D eigenvalue weighted by Crippen LogP contribution is -2.43. The zero-order chi connectivity index (χ0) is 22.1. The SMILES string of the molecule is Cc1ccc(Cn2c(Nc3ccc(C(C)(C)C)cc3)nc(=O)n(C(C)C)c2=O)cc1. The summed E-state index contributed by atoms with van der Waals surface area (Å²) in [5.74, 6) is 0.242. The zero-order valence-electron chi connectivity index (χ0n) is 18.6. The molecule has 3 rings (SSSR count). The molecule has 6 heteroatoms. The molecule has 1 aromatic heterocycles. The lowest BCUT2D eigenvalue weighted by atomic mass is 9.87. The largest absolute Gasteiger partial charge is 0.355 e. The molecular weight excluding hydrogens is 376 g/mol. The van der Waals surface area contributed by atoms with Gasteiger partial charge >= 0.3 is 11.4 Å². The van der Waals surface area contributed by atoms with Crippen LogP contribution < -0.4 is 16.7 Å². The Morgan fingerprint density at radius 2 is 1.57 bits per heavy atom. The van der Waals surface area contributed by atoms with E-state index in [1.807, 2.05) is 55.5 Å². The van der Waals surface area contributed by atoms with Crippen molar-refractivity contribution in [3.05, 3.63) is 86.2 Å². The topological polar surface area (TPSA) is 68.9 Å².